The van der Waals surface area contributed by atoms with E-state index in [1.807, 2.05) is 13.0 Å². The average Bonchev–Trinajstić information content (AvgIpc) is 2.98. The molecule has 106 valence electrons. The van der Waals surface area contributed by atoms with E-state index < -0.39 is 0 Å². The number of nitrogens with zero attached hydrogens (tertiary/aromatic N) is 1. The second-order valence-corrected chi connectivity index (χ2v) is 7.49. The molecule has 0 radical (unpaired) electrons. The van der Waals surface area contributed by atoms with Gasteiger partial charge in [-0.15, -0.1) is 11.3 Å². The lowest BCUT2D eigenvalue weighted by Gasteiger charge is -2.28. The highest BCUT2D eigenvalue weighted by molar-refractivity contribution is 7.14. The van der Waals surface area contributed by atoms with E-state index in [4.69, 9.17) is 0 Å². The zero-order chi connectivity index (χ0) is 14.9. The van der Waals surface area contributed by atoms with Gasteiger partial charge in [-0.25, -0.2) is 4.98 Å². The highest BCUT2D eigenvalue weighted by Crippen LogP contribution is 2.44. The largest absolute Gasteiger partial charge is 0.357 e. The average molecular weight is 296 g/mol. The number of benzene rings is 1. The summed E-state index contributed by atoms with van der Waals surface area (Å²) >= 11 is 1.50. The number of thiazole rings is 1. The Balaban J connectivity index is 2.12. The van der Waals surface area contributed by atoms with Gasteiger partial charge < -0.3 is 4.98 Å². The fourth-order valence-corrected chi connectivity index (χ4v) is 4.28. The van der Waals surface area contributed by atoms with Crippen LogP contribution in [0.2, 0.25) is 0 Å². The van der Waals surface area contributed by atoms with E-state index in [9.17, 15) is 4.79 Å². The Kier molecular flexibility index (Phi) is 2.33. The summed E-state index contributed by atoms with van der Waals surface area (Å²) in [7, 11) is 0. The van der Waals surface area contributed by atoms with E-state index >= 15 is 0 Å². The van der Waals surface area contributed by atoms with Gasteiger partial charge in [-0.1, -0.05) is 12.1 Å². The lowest BCUT2D eigenvalue weighted by molar-refractivity contribution is 0.103. The van der Waals surface area contributed by atoms with Gasteiger partial charge in [-0.05, 0) is 39.3 Å². The van der Waals surface area contributed by atoms with Crippen LogP contribution in [-0.2, 0) is 5.41 Å². The van der Waals surface area contributed by atoms with E-state index in [0.29, 0.717) is 0 Å². The maximum atomic E-state index is 12.9. The molecule has 2 heterocycles. The molecule has 0 saturated carbocycles. The van der Waals surface area contributed by atoms with Crippen molar-refractivity contribution < 1.29 is 4.79 Å². The molecular formula is C17H16N2OS. The molecule has 1 N–H and O–H groups in total. The third kappa shape index (κ3) is 1.54. The standard InChI is InChI=1S/C17H16N2OS/c1-8-5-6-10-11(7-8)19-15-12(10)13(20)14-16(17(15,3)4)18-9(2)21-14/h5-7,19H,1-4H3. The highest BCUT2D eigenvalue weighted by atomic mass is 32.1. The van der Waals surface area contributed by atoms with Crippen molar-refractivity contribution in [3.05, 3.63) is 50.6 Å². The molecule has 0 spiro atoms. The van der Waals surface area contributed by atoms with Crippen molar-refractivity contribution in [3.63, 3.8) is 0 Å². The van der Waals surface area contributed by atoms with Crippen molar-refractivity contribution in [2.45, 2.75) is 33.1 Å². The van der Waals surface area contributed by atoms with E-state index in [2.05, 4.69) is 42.9 Å². The van der Waals surface area contributed by atoms with Gasteiger partial charge in [0, 0.05) is 22.0 Å². The Morgan fingerprint density at radius 1 is 1.24 bits per heavy atom. The molecule has 21 heavy (non-hydrogen) atoms. The third-order valence-electron chi connectivity index (χ3n) is 4.34. The number of hydrogen-bond donors (Lipinski definition) is 1. The number of H-pyrrole nitrogens is 1. The van der Waals surface area contributed by atoms with Crippen LogP contribution in [0.1, 0.15) is 51.0 Å². The summed E-state index contributed by atoms with van der Waals surface area (Å²) in [4.78, 5) is 21.8. The Morgan fingerprint density at radius 3 is 2.76 bits per heavy atom. The van der Waals surface area contributed by atoms with Crippen molar-refractivity contribution in [1.82, 2.24) is 9.97 Å². The molecular weight excluding hydrogens is 280 g/mol. The van der Waals surface area contributed by atoms with Gasteiger partial charge >= 0.3 is 0 Å². The molecule has 0 atom stereocenters. The summed E-state index contributed by atoms with van der Waals surface area (Å²) in [6.45, 7) is 8.30. The Bertz CT molecular complexity index is 914. The number of carbonyl (C=O) groups excluding carboxylic acids is 1. The number of carbonyl (C=O) groups is 1. The molecule has 0 fully saturated rings. The summed E-state index contributed by atoms with van der Waals surface area (Å²) in [5.41, 5.74) is 4.68. The van der Waals surface area contributed by atoms with Gasteiger partial charge in [-0.2, -0.15) is 0 Å². The molecule has 0 saturated heterocycles. The minimum Gasteiger partial charge on any atom is -0.357 e. The smallest absolute Gasteiger partial charge is 0.207 e. The second kappa shape index (κ2) is 3.83. The summed E-state index contributed by atoms with van der Waals surface area (Å²) in [5, 5.41) is 1.97. The highest BCUT2D eigenvalue weighted by Gasteiger charge is 2.42. The monoisotopic (exact) mass is 296 g/mol. The van der Waals surface area contributed by atoms with Crippen LogP contribution in [0.25, 0.3) is 10.9 Å². The van der Waals surface area contributed by atoms with E-state index in [1.165, 1.54) is 16.9 Å². The van der Waals surface area contributed by atoms with Crippen LogP contribution in [-0.4, -0.2) is 15.8 Å². The van der Waals surface area contributed by atoms with Crippen LogP contribution < -0.4 is 0 Å². The number of hydrogen-bond acceptors (Lipinski definition) is 3. The maximum Gasteiger partial charge on any atom is 0.207 e. The van der Waals surface area contributed by atoms with E-state index in [-0.39, 0.29) is 11.2 Å². The molecule has 1 aliphatic rings. The quantitative estimate of drug-likeness (QED) is 0.678. The fourth-order valence-electron chi connectivity index (χ4n) is 3.25. The predicted molar refractivity (Wildman–Crippen MR) is 85.4 cm³/mol. The van der Waals surface area contributed by atoms with Crippen LogP contribution in [0.4, 0.5) is 0 Å². The first-order chi connectivity index (χ1) is 9.89. The van der Waals surface area contributed by atoms with Gasteiger partial charge in [0.15, 0.2) is 0 Å². The number of nitrogens with one attached hydrogen (secondary N) is 1. The van der Waals surface area contributed by atoms with Crippen LogP contribution >= 0.6 is 11.3 Å². The first-order valence-corrected chi connectivity index (χ1v) is 7.86. The molecule has 0 amide bonds. The Morgan fingerprint density at radius 2 is 2.00 bits per heavy atom. The molecule has 0 aliphatic heterocycles. The van der Waals surface area contributed by atoms with Crippen molar-refractivity contribution in [2.75, 3.05) is 0 Å². The van der Waals surface area contributed by atoms with Gasteiger partial charge in [0.2, 0.25) is 5.78 Å². The molecule has 1 aromatic carbocycles. The number of aromatic nitrogens is 2. The number of rotatable bonds is 0. The number of aryl methyl sites for hydroxylation is 2. The Labute approximate surface area is 127 Å². The van der Waals surface area contributed by atoms with Gasteiger partial charge in [0.1, 0.15) is 0 Å². The molecule has 0 unspecified atom stereocenters. The zero-order valence-electron chi connectivity index (χ0n) is 12.5. The molecule has 3 nitrogen and oxygen atoms in total. The van der Waals surface area contributed by atoms with Crippen LogP contribution in [0.15, 0.2) is 18.2 Å². The lowest BCUT2D eigenvalue weighted by Crippen LogP contribution is -2.29. The van der Waals surface area contributed by atoms with Crippen molar-refractivity contribution in [2.24, 2.45) is 0 Å². The van der Waals surface area contributed by atoms with Crippen molar-refractivity contribution in [3.8, 4) is 0 Å². The molecule has 3 aromatic rings. The first-order valence-electron chi connectivity index (χ1n) is 7.05. The number of aromatic amines is 1. The molecule has 4 heteroatoms. The first kappa shape index (κ1) is 12.8. The van der Waals surface area contributed by atoms with E-state index in [0.717, 1.165) is 37.7 Å². The Hall–Kier alpha value is -1.94. The van der Waals surface area contributed by atoms with Crippen LogP contribution in [0.5, 0.6) is 0 Å². The van der Waals surface area contributed by atoms with Crippen molar-refractivity contribution >= 4 is 28.0 Å². The van der Waals surface area contributed by atoms with Crippen molar-refractivity contribution in [1.29, 1.82) is 0 Å². The summed E-state index contributed by atoms with van der Waals surface area (Å²) < 4.78 is 0. The summed E-state index contributed by atoms with van der Waals surface area (Å²) in [6, 6.07) is 6.21. The summed E-state index contributed by atoms with van der Waals surface area (Å²) in [6.07, 6.45) is 0. The topological polar surface area (TPSA) is 45.8 Å². The molecule has 2 aromatic heterocycles. The number of fused-ring (bicyclic) bond motifs is 4. The SMILES string of the molecule is Cc1ccc2c3c([nH]c2c1)C(C)(C)c1nc(C)sc1C3=O. The summed E-state index contributed by atoms with van der Waals surface area (Å²) in [5.74, 6) is 0.111. The maximum absolute atomic E-state index is 12.9. The van der Waals surface area contributed by atoms with Crippen LogP contribution in [0, 0.1) is 13.8 Å². The second-order valence-electron chi connectivity index (χ2n) is 6.29. The fraction of sp³-hybridized carbons (Fsp3) is 0.294. The predicted octanol–water partition coefficient (Wildman–Crippen LogP) is 4.11. The molecule has 0 bridgehead atoms. The molecule has 4 rings (SSSR count). The molecule has 1 aliphatic carbocycles. The lowest BCUT2D eigenvalue weighted by atomic mass is 9.77. The van der Waals surface area contributed by atoms with E-state index in [1.54, 1.807) is 0 Å². The van der Waals surface area contributed by atoms with Gasteiger partial charge in [0.25, 0.3) is 0 Å². The normalized spacial score (nSPS) is 16.1. The minimum absolute atomic E-state index is 0.111. The number of ketones is 1. The zero-order valence-corrected chi connectivity index (χ0v) is 13.3. The van der Waals surface area contributed by atoms with Crippen LogP contribution in [0.3, 0.4) is 0 Å². The minimum atomic E-state index is -0.268. The third-order valence-corrected chi connectivity index (χ3v) is 5.31. The van der Waals surface area contributed by atoms with Gasteiger partial charge in [0.05, 0.1) is 21.1 Å². The van der Waals surface area contributed by atoms with Gasteiger partial charge in [-0.3, -0.25) is 4.79 Å².